The highest BCUT2D eigenvalue weighted by molar-refractivity contribution is 7.88. The Morgan fingerprint density at radius 2 is 2.18 bits per heavy atom. The van der Waals surface area contributed by atoms with Gasteiger partial charge in [0, 0.05) is 31.4 Å². The minimum Gasteiger partial charge on any atom is -0.313 e. The molecule has 0 saturated heterocycles. The molecule has 6 nitrogen and oxygen atoms in total. The number of sulfonamides is 1. The average Bonchev–Trinajstić information content (AvgIpc) is 2.69. The monoisotopic (exact) mass is 260 g/mol. The molecule has 1 heterocycles. The van der Waals surface area contributed by atoms with E-state index in [2.05, 4.69) is 15.1 Å². The molecule has 1 rings (SSSR count). The van der Waals surface area contributed by atoms with Gasteiger partial charge in [0.05, 0.1) is 12.5 Å². The molecular formula is C10H20N4O2S. The van der Waals surface area contributed by atoms with E-state index in [1.807, 2.05) is 24.0 Å². The summed E-state index contributed by atoms with van der Waals surface area (Å²) in [6.45, 7) is 4.93. The molecule has 0 saturated carbocycles. The zero-order chi connectivity index (χ0) is 12.7. The first-order chi connectivity index (χ1) is 8.01. The zero-order valence-electron chi connectivity index (χ0n) is 10.3. The Bertz CT molecular complexity index is 427. The Kier molecular flexibility index (Phi) is 5.60. The van der Waals surface area contributed by atoms with E-state index in [9.17, 15) is 8.42 Å². The summed E-state index contributed by atoms with van der Waals surface area (Å²) < 4.78 is 25.9. The lowest BCUT2D eigenvalue weighted by Gasteiger charge is -2.03. The van der Waals surface area contributed by atoms with Crippen LogP contribution in [-0.4, -0.2) is 37.5 Å². The molecule has 0 spiro atoms. The van der Waals surface area contributed by atoms with Crippen molar-refractivity contribution in [1.29, 1.82) is 0 Å². The predicted molar refractivity (Wildman–Crippen MR) is 67.1 cm³/mol. The molecule has 0 unspecified atom stereocenters. The quantitative estimate of drug-likeness (QED) is 0.642. The van der Waals surface area contributed by atoms with Crippen LogP contribution in [0.25, 0.3) is 0 Å². The van der Waals surface area contributed by atoms with E-state index < -0.39 is 10.0 Å². The third kappa shape index (κ3) is 6.40. The van der Waals surface area contributed by atoms with Gasteiger partial charge in [0.2, 0.25) is 10.0 Å². The van der Waals surface area contributed by atoms with Crippen LogP contribution in [0.15, 0.2) is 12.4 Å². The topological polar surface area (TPSA) is 76.0 Å². The molecule has 0 aliphatic carbocycles. The molecule has 0 aliphatic rings. The molecule has 0 aliphatic heterocycles. The summed E-state index contributed by atoms with van der Waals surface area (Å²) in [5.74, 6) is 0. The second-order valence-electron chi connectivity index (χ2n) is 3.90. The average molecular weight is 260 g/mol. The Labute approximate surface area is 102 Å². The number of hydrogen-bond donors (Lipinski definition) is 2. The molecule has 0 amide bonds. The lowest BCUT2D eigenvalue weighted by Crippen LogP contribution is -2.26. The van der Waals surface area contributed by atoms with Gasteiger partial charge in [-0.15, -0.1) is 0 Å². The fourth-order valence-corrected chi connectivity index (χ4v) is 1.89. The maximum atomic E-state index is 10.8. The van der Waals surface area contributed by atoms with Gasteiger partial charge in [-0.2, -0.15) is 5.10 Å². The Balaban J connectivity index is 2.08. The van der Waals surface area contributed by atoms with Gasteiger partial charge in [0.15, 0.2) is 0 Å². The highest BCUT2D eigenvalue weighted by Gasteiger charge is 1.99. The van der Waals surface area contributed by atoms with Gasteiger partial charge in [0.25, 0.3) is 0 Å². The third-order valence-electron chi connectivity index (χ3n) is 2.23. The molecule has 7 heteroatoms. The molecule has 0 aromatic carbocycles. The van der Waals surface area contributed by atoms with Crippen LogP contribution in [0.1, 0.15) is 18.9 Å². The minimum atomic E-state index is -3.05. The predicted octanol–water partition coefficient (Wildman–Crippen LogP) is -0.0681. The molecule has 1 aromatic heterocycles. The number of nitrogens with one attached hydrogen (secondary N) is 2. The van der Waals surface area contributed by atoms with E-state index in [0.717, 1.165) is 31.6 Å². The highest BCUT2D eigenvalue weighted by Crippen LogP contribution is 1.96. The summed E-state index contributed by atoms with van der Waals surface area (Å²) in [5.41, 5.74) is 1.14. The van der Waals surface area contributed by atoms with Crippen LogP contribution in [-0.2, 0) is 23.1 Å². The second kappa shape index (κ2) is 6.73. The first-order valence-electron chi connectivity index (χ1n) is 5.68. The van der Waals surface area contributed by atoms with Gasteiger partial charge < -0.3 is 5.32 Å². The van der Waals surface area contributed by atoms with Gasteiger partial charge in [-0.25, -0.2) is 13.1 Å². The summed E-state index contributed by atoms with van der Waals surface area (Å²) in [7, 11) is -3.05. The SMILES string of the molecule is CCn1cc(CNCCCNS(C)(=O)=O)cn1. The van der Waals surface area contributed by atoms with Gasteiger partial charge in [-0.05, 0) is 19.9 Å². The van der Waals surface area contributed by atoms with Crippen molar-refractivity contribution in [2.24, 2.45) is 0 Å². The number of hydrogen-bond acceptors (Lipinski definition) is 4. The summed E-state index contributed by atoms with van der Waals surface area (Å²) in [4.78, 5) is 0. The van der Waals surface area contributed by atoms with Crippen molar-refractivity contribution in [2.45, 2.75) is 26.4 Å². The van der Waals surface area contributed by atoms with Crippen molar-refractivity contribution in [2.75, 3.05) is 19.3 Å². The lowest BCUT2D eigenvalue weighted by molar-refractivity contribution is 0.579. The fourth-order valence-electron chi connectivity index (χ4n) is 1.37. The van der Waals surface area contributed by atoms with Crippen molar-refractivity contribution in [3.05, 3.63) is 18.0 Å². The molecule has 17 heavy (non-hydrogen) atoms. The van der Waals surface area contributed by atoms with Crippen molar-refractivity contribution in [1.82, 2.24) is 19.8 Å². The Morgan fingerprint density at radius 3 is 2.76 bits per heavy atom. The molecule has 0 bridgehead atoms. The van der Waals surface area contributed by atoms with Crippen LogP contribution in [0.2, 0.25) is 0 Å². The molecule has 0 fully saturated rings. The fraction of sp³-hybridized carbons (Fsp3) is 0.700. The van der Waals surface area contributed by atoms with E-state index in [1.165, 1.54) is 6.26 Å². The van der Waals surface area contributed by atoms with E-state index in [-0.39, 0.29) is 0 Å². The Hall–Kier alpha value is -0.920. The number of aryl methyl sites for hydroxylation is 1. The molecule has 98 valence electrons. The van der Waals surface area contributed by atoms with E-state index in [4.69, 9.17) is 0 Å². The maximum absolute atomic E-state index is 10.8. The summed E-state index contributed by atoms with van der Waals surface area (Å²) >= 11 is 0. The van der Waals surface area contributed by atoms with Gasteiger partial charge >= 0.3 is 0 Å². The normalized spacial score (nSPS) is 11.9. The first-order valence-corrected chi connectivity index (χ1v) is 7.57. The van der Waals surface area contributed by atoms with Crippen LogP contribution in [0.5, 0.6) is 0 Å². The van der Waals surface area contributed by atoms with Crippen molar-refractivity contribution >= 4 is 10.0 Å². The van der Waals surface area contributed by atoms with Crippen LogP contribution in [0, 0.1) is 0 Å². The van der Waals surface area contributed by atoms with E-state index in [1.54, 1.807) is 0 Å². The van der Waals surface area contributed by atoms with E-state index >= 15 is 0 Å². The molecule has 0 radical (unpaired) electrons. The number of nitrogens with zero attached hydrogens (tertiary/aromatic N) is 2. The molecule has 0 atom stereocenters. The summed E-state index contributed by atoms with van der Waals surface area (Å²) in [6, 6.07) is 0. The van der Waals surface area contributed by atoms with Crippen molar-refractivity contribution < 1.29 is 8.42 Å². The summed E-state index contributed by atoms with van der Waals surface area (Å²) in [5, 5.41) is 7.40. The van der Waals surface area contributed by atoms with Gasteiger partial charge in [-0.3, -0.25) is 4.68 Å². The van der Waals surface area contributed by atoms with Crippen molar-refractivity contribution in [3.8, 4) is 0 Å². The first kappa shape index (κ1) is 14.1. The highest BCUT2D eigenvalue weighted by atomic mass is 32.2. The molecular weight excluding hydrogens is 240 g/mol. The van der Waals surface area contributed by atoms with Crippen LogP contribution in [0.3, 0.4) is 0 Å². The van der Waals surface area contributed by atoms with Gasteiger partial charge in [-0.1, -0.05) is 0 Å². The minimum absolute atomic E-state index is 0.472. The summed E-state index contributed by atoms with van der Waals surface area (Å²) in [6.07, 6.45) is 5.78. The zero-order valence-corrected chi connectivity index (χ0v) is 11.1. The van der Waals surface area contributed by atoms with Gasteiger partial charge in [0.1, 0.15) is 0 Å². The van der Waals surface area contributed by atoms with Crippen LogP contribution in [0.4, 0.5) is 0 Å². The van der Waals surface area contributed by atoms with Crippen LogP contribution < -0.4 is 10.0 Å². The number of rotatable bonds is 8. The largest absolute Gasteiger partial charge is 0.313 e. The Morgan fingerprint density at radius 1 is 1.41 bits per heavy atom. The van der Waals surface area contributed by atoms with E-state index in [0.29, 0.717) is 6.54 Å². The molecule has 2 N–H and O–H groups in total. The third-order valence-corrected chi connectivity index (χ3v) is 2.96. The standard InChI is InChI=1S/C10H20N4O2S/c1-3-14-9-10(8-12-14)7-11-5-4-6-13-17(2,15)16/h8-9,11,13H,3-7H2,1-2H3. The lowest BCUT2D eigenvalue weighted by atomic mass is 10.3. The number of aromatic nitrogens is 2. The smallest absolute Gasteiger partial charge is 0.208 e. The molecule has 1 aromatic rings. The second-order valence-corrected chi connectivity index (χ2v) is 5.73. The maximum Gasteiger partial charge on any atom is 0.208 e. The van der Waals surface area contributed by atoms with Crippen molar-refractivity contribution in [3.63, 3.8) is 0 Å². The van der Waals surface area contributed by atoms with Crippen LogP contribution >= 0.6 is 0 Å².